The molecule has 0 aliphatic carbocycles. The lowest BCUT2D eigenvalue weighted by Crippen LogP contribution is -2.31. The van der Waals surface area contributed by atoms with Gasteiger partial charge in [-0.3, -0.25) is 4.79 Å². The van der Waals surface area contributed by atoms with Crippen LogP contribution < -0.4 is 5.32 Å². The molecule has 100 valence electrons. The summed E-state index contributed by atoms with van der Waals surface area (Å²) in [6, 6.07) is 5.52. The maximum Gasteiger partial charge on any atom is 0.273 e. The molecule has 0 aromatic carbocycles. The van der Waals surface area contributed by atoms with E-state index in [4.69, 9.17) is 9.26 Å². The minimum atomic E-state index is -0.220. The monoisotopic (exact) mass is 278 g/mol. The number of ether oxygens (including phenoxy) is 1. The smallest absolute Gasteiger partial charge is 0.273 e. The van der Waals surface area contributed by atoms with E-state index < -0.39 is 0 Å². The van der Waals surface area contributed by atoms with Crippen LogP contribution in [0.15, 0.2) is 28.1 Å². The number of hydrogen-bond donors (Lipinski definition) is 1. The predicted molar refractivity (Wildman–Crippen MR) is 71.1 cm³/mol. The number of rotatable bonds is 4. The van der Waals surface area contributed by atoms with E-state index in [1.807, 2.05) is 17.5 Å². The molecule has 1 aliphatic rings. The predicted octanol–water partition coefficient (Wildman–Crippen LogP) is 2.31. The van der Waals surface area contributed by atoms with E-state index in [-0.39, 0.29) is 12.0 Å². The number of carbonyl (C=O) groups excluding carboxylic acids is 1. The molecule has 3 rings (SSSR count). The van der Waals surface area contributed by atoms with E-state index >= 15 is 0 Å². The summed E-state index contributed by atoms with van der Waals surface area (Å²) in [6.45, 7) is 1.31. The van der Waals surface area contributed by atoms with Crippen molar-refractivity contribution in [2.75, 3.05) is 13.2 Å². The third-order valence-electron chi connectivity index (χ3n) is 3.02. The maximum absolute atomic E-state index is 11.9. The van der Waals surface area contributed by atoms with E-state index in [1.54, 1.807) is 17.4 Å². The molecule has 1 N–H and O–H groups in total. The van der Waals surface area contributed by atoms with Crippen LogP contribution in [0.2, 0.25) is 0 Å². The average Bonchev–Trinajstić information content (AvgIpc) is 3.14. The first-order chi connectivity index (χ1) is 9.33. The molecule has 1 unspecified atom stereocenters. The summed E-state index contributed by atoms with van der Waals surface area (Å²) in [5.41, 5.74) is 0.307. The lowest BCUT2D eigenvalue weighted by Gasteiger charge is -2.09. The van der Waals surface area contributed by atoms with Crippen molar-refractivity contribution < 1.29 is 14.1 Å². The van der Waals surface area contributed by atoms with Crippen molar-refractivity contribution in [3.63, 3.8) is 0 Å². The number of nitrogens with one attached hydrogen (secondary N) is 1. The molecular formula is C13H14N2O3S. The van der Waals surface area contributed by atoms with Gasteiger partial charge in [0.05, 0.1) is 11.0 Å². The Morgan fingerprint density at radius 3 is 3.26 bits per heavy atom. The van der Waals surface area contributed by atoms with Crippen LogP contribution in [0.25, 0.3) is 10.6 Å². The van der Waals surface area contributed by atoms with Crippen molar-refractivity contribution in [2.45, 2.75) is 18.9 Å². The highest BCUT2D eigenvalue weighted by atomic mass is 32.1. The van der Waals surface area contributed by atoms with Gasteiger partial charge in [0.1, 0.15) is 0 Å². The summed E-state index contributed by atoms with van der Waals surface area (Å²) < 4.78 is 10.6. The zero-order chi connectivity index (χ0) is 13.1. The molecule has 1 aliphatic heterocycles. The second kappa shape index (κ2) is 5.54. The number of carbonyl (C=O) groups is 1. The van der Waals surface area contributed by atoms with Crippen molar-refractivity contribution >= 4 is 17.2 Å². The van der Waals surface area contributed by atoms with Gasteiger partial charge in [0.2, 0.25) is 0 Å². The first-order valence-electron chi connectivity index (χ1n) is 6.23. The first kappa shape index (κ1) is 12.4. The Morgan fingerprint density at radius 1 is 1.58 bits per heavy atom. The standard InChI is InChI=1S/C13H14N2O3S/c16-13(14-8-9-3-1-5-17-9)10-7-11(18-15-10)12-4-2-6-19-12/h2,4,6-7,9H,1,3,5,8H2,(H,14,16). The molecule has 1 saturated heterocycles. The molecule has 0 radical (unpaired) electrons. The molecule has 1 fully saturated rings. The van der Waals surface area contributed by atoms with Crippen LogP contribution in [0, 0.1) is 0 Å². The van der Waals surface area contributed by atoms with Crippen LogP contribution in [-0.4, -0.2) is 30.3 Å². The Morgan fingerprint density at radius 2 is 2.53 bits per heavy atom. The fraction of sp³-hybridized carbons (Fsp3) is 0.385. The van der Waals surface area contributed by atoms with Gasteiger partial charge in [0.15, 0.2) is 11.5 Å². The van der Waals surface area contributed by atoms with Crippen LogP contribution in [0.4, 0.5) is 0 Å². The molecule has 2 aromatic rings. The molecule has 3 heterocycles. The molecule has 0 bridgehead atoms. The second-order valence-electron chi connectivity index (χ2n) is 4.40. The van der Waals surface area contributed by atoms with E-state index in [0.29, 0.717) is 18.0 Å². The summed E-state index contributed by atoms with van der Waals surface area (Å²) in [4.78, 5) is 12.9. The van der Waals surface area contributed by atoms with E-state index in [2.05, 4.69) is 10.5 Å². The van der Waals surface area contributed by atoms with E-state index in [9.17, 15) is 4.79 Å². The Balaban J connectivity index is 1.60. The Kier molecular flexibility index (Phi) is 3.61. The van der Waals surface area contributed by atoms with Crippen LogP contribution >= 0.6 is 11.3 Å². The Hall–Kier alpha value is -1.66. The molecule has 0 saturated carbocycles. The SMILES string of the molecule is O=C(NCC1CCCO1)c1cc(-c2cccs2)on1. The van der Waals surface area contributed by atoms with Crippen molar-refractivity contribution in [2.24, 2.45) is 0 Å². The minimum Gasteiger partial charge on any atom is -0.376 e. The summed E-state index contributed by atoms with van der Waals surface area (Å²) in [7, 11) is 0. The quantitative estimate of drug-likeness (QED) is 0.932. The zero-order valence-corrected chi connectivity index (χ0v) is 11.1. The lowest BCUT2D eigenvalue weighted by atomic mass is 10.2. The molecule has 0 spiro atoms. The third kappa shape index (κ3) is 2.85. The van der Waals surface area contributed by atoms with Crippen molar-refractivity contribution in [3.8, 4) is 10.6 Å². The van der Waals surface area contributed by atoms with Crippen molar-refractivity contribution in [1.82, 2.24) is 10.5 Å². The number of thiophene rings is 1. The molecule has 1 amide bonds. The lowest BCUT2D eigenvalue weighted by molar-refractivity contribution is 0.0850. The molecule has 1 atom stereocenters. The zero-order valence-electron chi connectivity index (χ0n) is 10.3. The number of amides is 1. The van der Waals surface area contributed by atoms with Gasteiger partial charge in [-0.25, -0.2) is 0 Å². The minimum absolute atomic E-state index is 0.132. The third-order valence-corrected chi connectivity index (χ3v) is 3.91. The second-order valence-corrected chi connectivity index (χ2v) is 5.35. The van der Waals surface area contributed by atoms with Gasteiger partial charge in [0, 0.05) is 19.2 Å². The normalized spacial score (nSPS) is 18.6. The van der Waals surface area contributed by atoms with Crippen LogP contribution in [0.5, 0.6) is 0 Å². The molecule has 6 heteroatoms. The largest absolute Gasteiger partial charge is 0.376 e. The first-order valence-corrected chi connectivity index (χ1v) is 7.11. The van der Waals surface area contributed by atoms with Gasteiger partial charge in [-0.2, -0.15) is 0 Å². The van der Waals surface area contributed by atoms with Crippen molar-refractivity contribution in [3.05, 3.63) is 29.3 Å². The summed E-state index contributed by atoms with van der Waals surface area (Å²) in [6.07, 6.45) is 2.19. The van der Waals surface area contributed by atoms with Crippen LogP contribution in [0.1, 0.15) is 23.3 Å². The van der Waals surface area contributed by atoms with E-state index in [0.717, 1.165) is 24.3 Å². The van der Waals surface area contributed by atoms with Gasteiger partial charge in [-0.05, 0) is 24.3 Å². The van der Waals surface area contributed by atoms with Gasteiger partial charge in [0.25, 0.3) is 5.91 Å². The topological polar surface area (TPSA) is 64.4 Å². The van der Waals surface area contributed by atoms with Gasteiger partial charge >= 0.3 is 0 Å². The fourth-order valence-electron chi connectivity index (χ4n) is 2.02. The molecular weight excluding hydrogens is 264 g/mol. The van der Waals surface area contributed by atoms with Crippen LogP contribution in [-0.2, 0) is 4.74 Å². The van der Waals surface area contributed by atoms with Crippen LogP contribution in [0.3, 0.4) is 0 Å². The Labute approximate surface area is 114 Å². The highest BCUT2D eigenvalue weighted by Crippen LogP contribution is 2.25. The van der Waals surface area contributed by atoms with Gasteiger partial charge in [-0.1, -0.05) is 11.2 Å². The average molecular weight is 278 g/mol. The number of aromatic nitrogens is 1. The highest BCUT2D eigenvalue weighted by Gasteiger charge is 2.18. The fourth-order valence-corrected chi connectivity index (χ4v) is 2.69. The van der Waals surface area contributed by atoms with Gasteiger partial charge in [-0.15, -0.1) is 11.3 Å². The van der Waals surface area contributed by atoms with Crippen molar-refractivity contribution in [1.29, 1.82) is 0 Å². The Bertz CT molecular complexity index is 544. The summed E-state index contributed by atoms with van der Waals surface area (Å²) in [5.74, 6) is 0.402. The molecule has 5 nitrogen and oxygen atoms in total. The maximum atomic E-state index is 11.9. The molecule has 2 aromatic heterocycles. The number of nitrogens with zero attached hydrogens (tertiary/aromatic N) is 1. The molecule has 19 heavy (non-hydrogen) atoms. The van der Waals surface area contributed by atoms with E-state index in [1.165, 1.54) is 0 Å². The highest BCUT2D eigenvalue weighted by molar-refractivity contribution is 7.13. The van der Waals surface area contributed by atoms with Gasteiger partial charge < -0.3 is 14.6 Å². The number of hydrogen-bond acceptors (Lipinski definition) is 5. The summed E-state index contributed by atoms with van der Waals surface area (Å²) >= 11 is 1.55. The summed E-state index contributed by atoms with van der Waals surface area (Å²) in [5, 5.41) is 8.57.